The van der Waals surface area contributed by atoms with Gasteiger partial charge in [-0.1, -0.05) is 18.2 Å². The molecule has 0 saturated carbocycles. The molecule has 1 atom stereocenters. The number of alkyl halides is 3. The van der Waals surface area contributed by atoms with Crippen molar-refractivity contribution in [1.29, 1.82) is 0 Å². The van der Waals surface area contributed by atoms with E-state index in [0.29, 0.717) is 11.5 Å². The maximum Gasteiger partial charge on any atom is 0.417 e. The van der Waals surface area contributed by atoms with Gasteiger partial charge < -0.3 is 10.4 Å². The molecule has 0 aliphatic heterocycles. The second-order valence-corrected chi connectivity index (χ2v) is 5.85. The number of anilines is 1. The minimum atomic E-state index is -4.51. The summed E-state index contributed by atoms with van der Waals surface area (Å²) < 4.78 is 41.3. The standard InChI is InChI=1S/C18H13F3N6O/c19-18(20,21)12-4-2-1-3-11(12)13-5-6-15-24-10-16(27(15)26-13)25-17(28)14-9-22-7-8-23-14/h1-10,17,25,28H. The van der Waals surface area contributed by atoms with E-state index in [2.05, 4.69) is 25.4 Å². The zero-order valence-corrected chi connectivity index (χ0v) is 14.2. The third-order valence-corrected chi connectivity index (χ3v) is 4.02. The highest BCUT2D eigenvalue weighted by Crippen LogP contribution is 2.36. The zero-order chi connectivity index (χ0) is 19.7. The Labute approximate surface area is 156 Å². The molecule has 0 saturated heterocycles. The number of aromatic nitrogens is 5. The molecular weight excluding hydrogens is 373 g/mol. The van der Waals surface area contributed by atoms with Crippen LogP contribution in [0.15, 0.2) is 61.2 Å². The van der Waals surface area contributed by atoms with E-state index in [4.69, 9.17) is 0 Å². The number of aliphatic hydroxyl groups excluding tert-OH is 1. The van der Waals surface area contributed by atoms with Gasteiger partial charge in [0.2, 0.25) is 0 Å². The second-order valence-electron chi connectivity index (χ2n) is 5.85. The van der Waals surface area contributed by atoms with Crippen LogP contribution in [0.1, 0.15) is 17.5 Å². The Morgan fingerprint density at radius 2 is 1.82 bits per heavy atom. The van der Waals surface area contributed by atoms with Crippen LogP contribution in [0.2, 0.25) is 0 Å². The van der Waals surface area contributed by atoms with Gasteiger partial charge in [0, 0.05) is 18.0 Å². The Morgan fingerprint density at radius 3 is 2.57 bits per heavy atom. The van der Waals surface area contributed by atoms with Crippen molar-refractivity contribution < 1.29 is 18.3 Å². The molecular formula is C18H13F3N6O. The lowest BCUT2D eigenvalue weighted by atomic mass is 10.0. The summed E-state index contributed by atoms with van der Waals surface area (Å²) >= 11 is 0. The Balaban J connectivity index is 1.74. The smallest absolute Gasteiger partial charge is 0.368 e. The number of aliphatic hydroxyl groups is 1. The van der Waals surface area contributed by atoms with Crippen molar-refractivity contribution in [3.05, 3.63) is 72.4 Å². The molecule has 7 nitrogen and oxygen atoms in total. The lowest BCUT2D eigenvalue weighted by molar-refractivity contribution is -0.137. The number of nitrogens with zero attached hydrogens (tertiary/aromatic N) is 5. The maximum absolute atomic E-state index is 13.3. The van der Waals surface area contributed by atoms with E-state index < -0.39 is 18.0 Å². The van der Waals surface area contributed by atoms with Gasteiger partial charge in [0.25, 0.3) is 0 Å². The molecule has 0 amide bonds. The molecule has 0 spiro atoms. The van der Waals surface area contributed by atoms with Crippen LogP contribution in [0.25, 0.3) is 16.9 Å². The number of benzene rings is 1. The van der Waals surface area contributed by atoms with E-state index in [1.165, 1.54) is 53.6 Å². The molecule has 0 aliphatic carbocycles. The third kappa shape index (κ3) is 3.37. The van der Waals surface area contributed by atoms with Gasteiger partial charge in [-0.05, 0) is 18.2 Å². The first-order valence-corrected chi connectivity index (χ1v) is 8.15. The molecule has 3 aromatic heterocycles. The van der Waals surface area contributed by atoms with Crippen LogP contribution >= 0.6 is 0 Å². The predicted molar refractivity (Wildman–Crippen MR) is 94.0 cm³/mol. The molecule has 0 fully saturated rings. The summed E-state index contributed by atoms with van der Waals surface area (Å²) in [6.45, 7) is 0. The van der Waals surface area contributed by atoms with Crippen LogP contribution in [0.4, 0.5) is 19.0 Å². The van der Waals surface area contributed by atoms with Crippen LogP contribution in [0, 0.1) is 0 Å². The van der Waals surface area contributed by atoms with Crippen molar-refractivity contribution in [3.63, 3.8) is 0 Å². The maximum atomic E-state index is 13.3. The number of halogens is 3. The largest absolute Gasteiger partial charge is 0.417 e. The van der Waals surface area contributed by atoms with Crippen LogP contribution in [-0.4, -0.2) is 29.7 Å². The van der Waals surface area contributed by atoms with Gasteiger partial charge in [-0.2, -0.15) is 22.8 Å². The molecule has 28 heavy (non-hydrogen) atoms. The summed E-state index contributed by atoms with van der Waals surface area (Å²) in [6, 6.07) is 8.22. The van der Waals surface area contributed by atoms with E-state index in [9.17, 15) is 18.3 Å². The molecule has 0 aliphatic rings. The Morgan fingerprint density at radius 1 is 1.00 bits per heavy atom. The first-order valence-electron chi connectivity index (χ1n) is 8.15. The van der Waals surface area contributed by atoms with Crippen LogP contribution in [0.5, 0.6) is 0 Å². The minimum Gasteiger partial charge on any atom is -0.368 e. The fourth-order valence-corrected chi connectivity index (χ4v) is 2.73. The minimum absolute atomic E-state index is 0.0500. The van der Waals surface area contributed by atoms with Gasteiger partial charge in [-0.3, -0.25) is 9.97 Å². The molecule has 1 aromatic carbocycles. The average Bonchev–Trinajstić information content (AvgIpc) is 3.10. The summed E-state index contributed by atoms with van der Waals surface area (Å²) in [4.78, 5) is 12.0. The topological polar surface area (TPSA) is 88.2 Å². The molecule has 0 radical (unpaired) electrons. The summed E-state index contributed by atoms with van der Waals surface area (Å²) in [7, 11) is 0. The van der Waals surface area contributed by atoms with E-state index in [0.717, 1.165) is 6.07 Å². The Hall–Kier alpha value is -3.53. The van der Waals surface area contributed by atoms with Crippen molar-refractivity contribution in [2.75, 3.05) is 5.32 Å². The summed E-state index contributed by atoms with van der Waals surface area (Å²) in [5, 5.41) is 17.3. The number of hydrogen-bond donors (Lipinski definition) is 2. The summed E-state index contributed by atoms with van der Waals surface area (Å²) in [6.07, 6.45) is 0.00302. The highest BCUT2D eigenvalue weighted by molar-refractivity contribution is 5.66. The van der Waals surface area contributed by atoms with Crippen molar-refractivity contribution in [3.8, 4) is 11.3 Å². The fraction of sp³-hybridized carbons (Fsp3) is 0.111. The first-order chi connectivity index (χ1) is 13.4. The Bertz CT molecular complexity index is 1110. The predicted octanol–water partition coefficient (Wildman–Crippen LogP) is 3.31. The van der Waals surface area contributed by atoms with Crippen LogP contribution in [0.3, 0.4) is 0 Å². The number of fused-ring (bicyclic) bond motifs is 1. The van der Waals surface area contributed by atoms with E-state index in [1.807, 2.05) is 0 Å². The average molecular weight is 386 g/mol. The molecule has 1 unspecified atom stereocenters. The first kappa shape index (κ1) is 17.9. The van der Waals surface area contributed by atoms with Crippen molar-refractivity contribution in [2.45, 2.75) is 12.4 Å². The molecule has 4 rings (SSSR count). The van der Waals surface area contributed by atoms with Gasteiger partial charge in [0.15, 0.2) is 17.7 Å². The van der Waals surface area contributed by atoms with Crippen molar-refractivity contribution >= 4 is 11.5 Å². The Kier molecular flexibility index (Phi) is 4.40. The highest BCUT2D eigenvalue weighted by atomic mass is 19.4. The van der Waals surface area contributed by atoms with E-state index in [-0.39, 0.29) is 17.0 Å². The van der Waals surface area contributed by atoms with Gasteiger partial charge in [0.1, 0.15) is 5.69 Å². The SMILES string of the molecule is OC(Nc1cnc2ccc(-c3ccccc3C(F)(F)F)nn12)c1cnccn1. The van der Waals surface area contributed by atoms with Crippen LogP contribution < -0.4 is 5.32 Å². The van der Waals surface area contributed by atoms with E-state index in [1.54, 1.807) is 6.07 Å². The molecule has 10 heteroatoms. The molecule has 3 heterocycles. The van der Waals surface area contributed by atoms with Gasteiger partial charge in [-0.15, -0.1) is 0 Å². The normalized spacial score (nSPS) is 12.9. The number of hydrogen-bond acceptors (Lipinski definition) is 6. The highest BCUT2D eigenvalue weighted by Gasteiger charge is 2.33. The molecule has 142 valence electrons. The van der Waals surface area contributed by atoms with Crippen LogP contribution in [-0.2, 0) is 6.18 Å². The lowest BCUT2D eigenvalue weighted by Gasteiger charge is -2.14. The molecule has 4 aromatic rings. The third-order valence-electron chi connectivity index (χ3n) is 4.02. The number of rotatable bonds is 4. The van der Waals surface area contributed by atoms with Crippen molar-refractivity contribution in [1.82, 2.24) is 24.6 Å². The zero-order valence-electron chi connectivity index (χ0n) is 14.2. The quantitative estimate of drug-likeness (QED) is 0.523. The second kappa shape index (κ2) is 6.89. The monoisotopic (exact) mass is 386 g/mol. The van der Waals surface area contributed by atoms with Gasteiger partial charge in [0.05, 0.1) is 23.7 Å². The number of nitrogens with one attached hydrogen (secondary N) is 1. The molecule has 2 N–H and O–H groups in total. The van der Waals surface area contributed by atoms with Gasteiger partial charge in [-0.25, -0.2) is 4.98 Å². The number of imidazole rings is 1. The molecule has 0 bridgehead atoms. The summed E-state index contributed by atoms with van der Waals surface area (Å²) in [5.41, 5.74) is -0.0318. The van der Waals surface area contributed by atoms with Gasteiger partial charge >= 0.3 is 6.18 Å². The lowest BCUT2D eigenvalue weighted by Crippen LogP contribution is -2.14. The fourth-order valence-electron chi connectivity index (χ4n) is 2.73. The summed E-state index contributed by atoms with van der Waals surface area (Å²) in [5.74, 6) is 0.291. The van der Waals surface area contributed by atoms with E-state index >= 15 is 0 Å². The van der Waals surface area contributed by atoms with Crippen molar-refractivity contribution in [2.24, 2.45) is 0 Å².